The van der Waals surface area contributed by atoms with E-state index in [4.69, 9.17) is 0 Å². The van der Waals surface area contributed by atoms with Crippen molar-refractivity contribution in [3.05, 3.63) is 0 Å². The quantitative estimate of drug-likeness (QED) is 0.586. The molecule has 1 N–H and O–H groups in total. The molecular weight excluding hydrogens is 123 g/mol. The average Bonchev–Trinajstić information content (AvgIpc) is 1.87. The molecule has 0 rings (SSSR count). The third-order valence-electron chi connectivity index (χ3n) is 1.97. The van der Waals surface area contributed by atoms with Crippen LogP contribution in [0.25, 0.3) is 0 Å². The fourth-order valence-electron chi connectivity index (χ4n) is 0.750. The Balaban J connectivity index is 0. The molecule has 0 saturated heterocycles. The summed E-state index contributed by atoms with van der Waals surface area (Å²) in [6.07, 6.45) is 0. The molecular formula is C6H17LiOSi. The van der Waals surface area contributed by atoms with Gasteiger partial charge in [0, 0.05) is 0 Å². The standard InChI is InChI=1S/C6H16OSi.Li.H/c1-4-8(7,5-2)6-3;;/h7H,4-6H2,1-3H3;;. The maximum absolute atomic E-state index is 9.58. The van der Waals surface area contributed by atoms with E-state index in [9.17, 15) is 4.80 Å². The topological polar surface area (TPSA) is 20.2 Å². The van der Waals surface area contributed by atoms with Crippen molar-refractivity contribution in [3.63, 3.8) is 0 Å². The Morgan fingerprint density at radius 2 is 1.22 bits per heavy atom. The molecule has 1 nitrogen and oxygen atoms in total. The van der Waals surface area contributed by atoms with Gasteiger partial charge in [-0.25, -0.2) is 0 Å². The van der Waals surface area contributed by atoms with E-state index in [1.807, 2.05) is 0 Å². The first-order valence-electron chi connectivity index (χ1n) is 3.41. The molecule has 0 unspecified atom stereocenters. The summed E-state index contributed by atoms with van der Waals surface area (Å²) in [4.78, 5) is 9.58. The first-order chi connectivity index (χ1) is 3.68. The van der Waals surface area contributed by atoms with E-state index < -0.39 is 8.32 Å². The Kier molecular flexibility index (Phi) is 7.68. The summed E-state index contributed by atoms with van der Waals surface area (Å²) in [5.41, 5.74) is 0. The van der Waals surface area contributed by atoms with Gasteiger partial charge in [0.05, 0.1) is 0 Å². The summed E-state index contributed by atoms with van der Waals surface area (Å²) in [7, 11) is -1.67. The van der Waals surface area contributed by atoms with Crippen molar-refractivity contribution in [2.45, 2.75) is 38.9 Å². The Labute approximate surface area is 71.2 Å². The minimum atomic E-state index is -1.67. The second kappa shape index (κ2) is 5.55. The fourth-order valence-corrected chi connectivity index (χ4v) is 2.25. The van der Waals surface area contributed by atoms with Gasteiger partial charge in [0.2, 0.25) is 0 Å². The van der Waals surface area contributed by atoms with Gasteiger partial charge in [0.1, 0.15) is 0 Å². The van der Waals surface area contributed by atoms with Crippen molar-refractivity contribution in [1.82, 2.24) is 0 Å². The number of hydrogen-bond donors (Lipinski definition) is 1. The normalized spacial score (nSPS) is 10.7. The molecule has 52 valence electrons. The second-order valence-corrected chi connectivity index (χ2v) is 6.86. The predicted molar refractivity (Wildman–Crippen MR) is 46.6 cm³/mol. The number of hydrogen-bond acceptors (Lipinski definition) is 1. The van der Waals surface area contributed by atoms with Crippen molar-refractivity contribution in [2.75, 3.05) is 0 Å². The summed E-state index contributed by atoms with van der Waals surface area (Å²) >= 11 is 0. The molecule has 0 aromatic heterocycles. The molecule has 0 fully saturated rings. The van der Waals surface area contributed by atoms with Crippen LogP contribution >= 0.6 is 0 Å². The zero-order valence-corrected chi connectivity index (χ0v) is 7.07. The van der Waals surface area contributed by atoms with Gasteiger partial charge in [-0.05, 0) is 18.1 Å². The molecule has 0 saturated carbocycles. The van der Waals surface area contributed by atoms with Gasteiger partial charge in [-0.3, -0.25) is 0 Å². The van der Waals surface area contributed by atoms with Crippen molar-refractivity contribution >= 4 is 27.2 Å². The van der Waals surface area contributed by atoms with Crippen LogP contribution < -0.4 is 0 Å². The van der Waals surface area contributed by atoms with Gasteiger partial charge >= 0.3 is 18.9 Å². The van der Waals surface area contributed by atoms with E-state index in [2.05, 4.69) is 20.8 Å². The molecule has 0 aromatic rings. The third-order valence-corrected chi connectivity index (χ3v) is 5.92. The Morgan fingerprint density at radius 1 is 1.00 bits per heavy atom. The summed E-state index contributed by atoms with van der Waals surface area (Å²) in [6.45, 7) is 6.25. The molecule has 0 amide bonds. The number of rotatable bonds is 3. The zero-order chi connectivity index (χ0) is 6.62. The SMILES string of the molecule is CC[Si](O)(CC)CC.[LiH]. The first-order valence-corrected chi connectivity index (χ1v) is 5.97. The van der Waals surface area contributed by atoms with Crippen LogP contribution in [-0.4, -0.2) is 32.0 Å². The van der Waals surface area contributed by atoms with Crippen molar-refractivity contribution in [2.24, 2.45) is 0 Å². The van der Waals surface area contributed by atoms with E-state index >= 15 is 0 Å². The summed E-state index contributed by atoms with van der Waals surface area (Å²) in [5.74, 6) is 0. The van der Waals surface area contributed by atoms with Crippen LogP contribution in [0.1, 0.15) is 20.8 Å². The summed E-state index contributed by atoms with van der Waals surface area (Å²) in [6, 6.07) is 3.04. The van der Waals surface area contributed by atoms with Gasteiger partial charge in [0.25, 0.3) is 0 Å². The average molecular weight is 140 g/mol. The molecule has 0 heterocycles. The van der Waals surface area contributed by atoms with E-state index in [0.717, 1.165) is 18.1 Å². The van der Waals surface area contributed by atoms with Gasteiger partial charge in [-0.2, -0.15) is 0 Å². The maximum atomic E-state index is 9.58. The van der Waals surface area contributed by atoms with Crippen LogP contribution in [0, 0.1) is 0 Å². The van der Waals surface area contributed by atoms with Gasteiger partial charge in [0.15, 0.2) is 8.32 Å². The van der Waals surface area contributed by atoms with Gasteiger partial charge in [-0.15, -0.1) is 0 Å². The minimum absolute atomic E-state index is 0. The zero-order valence-electron chi connectivity index (χ0n) is 6.07. The van der Waals surface area contributed by atoms with Crippen LogP contribution in [0.5, 0.6) is 0 Å². The van der Waals surface area contributed by atoms with E-state index in [1.54, 1.807) is 0 Å². The molecule has 0 aliphatic rings. The van der Waals surface area contributed by atoms with Crippen LogP contribution in [0.2, 0.25) is 18.1 Å². The fraction of sp³-hybridized carbons (Fsp3) is 1.00. The molecule has 0 aromatic carbocycles. The van der Waals surface area contributed by atoms with Crippen molar-refractivity contribution in [1.29, 1.82) is 0 Å². The van der Waals surface area contributed by atoms with Crippen molar-refractivity contribution in [3.8, 4) is 0 Å². The van der Waals surface area contributed by atoms with Gasteiger partial charge < -0.3 is 4.80 Å². The molecule has 0 spiro atoms. The predicted octanol–water partition coefficient (Wildman–Crippen LogP) is 1.34. The summed E-state index contributed by atoms with van der Waals surface area (Å²) < 4.78 is 0. The van der Waals surface area contributed by atoms with Crippen molar-refractivity contribution < 1.29 is 4.80 Å². The first kappa shape index (κ1) is 12.5. The molecule has 9 heavy (non-hydrogen) atoms. The molecule has 0 radical (unpaired) electrons. The molecule has 3 heteroatoms. The third kappa shape index (κ3) is 4.21. The van der Waals surface area contributed by atoms with E-state index in [-0.39, 0.29) is 18.9 Å². The Bertz CT molecular complexity index is 55.8. The molecule has 0 bridgehead atoms. The second-order valence-electron chi connectivity index (χ2n) is 2.29. The molecule has 0 aliphatic carbocycles. The molecule has 0 aliphatic heterocycles. The van der Waals surface area contributed by atoms with Crippen LogP contribution in [0.4, 0.5) is 0 Å². The van der Waals surface area contributed by atoms with Gasteiger partial charge in [-0.1, -0.05) is 20.8 Å². The van der Waals surface area contributed by atoms with Crippen LogP contribution in [0.3, 0.4) is 0 Å². The molecule has 0 atom stereocenters. The Morgan fingerprint density at radius 3 is 1.22 bits per heavy atom. The van der Waals surface area contributed by atoms with Crippen LogP contribution in [0.15, 0.2) is 0 Å². The van der Waals surface area contributed by atoms with Crippen LogP contribution in [-0.2, 0) is 0 Å². The van der Waals surface area contributed by atoms with E-state index in [1.165, 1.54) is 0 Å². The Hall–Kier alpha value is 0.774. The van der Waals surface area contributed by atoms with E-state index in [0.29, 0.717) is 0 Å². The summed E-state index contributed by atoms with van der Waals surface area (Å²) in [5, 5.41) is 0. The monoisotopic (exact) mass is 140 g/mol.